The van der Waals surface area contributed by atoms with Gasteiger partial charge in [0, 0.05) is 0 Å². The lowest BCUT2D eigenvalue weighted by atomic mass is 10.0. The number of alkyl halides is 1. The maximum atomic E-state index is 12.8. The molecule has 1 atom stereocenters. The Morgan fingerprint density at radius 1 is 1.11 bits per heavy atom. The zero-order valence-electron chi connectivity index (χ0n) is 16.1. The van der Waals surface area contributed by atoms with E-state index in [2.05, 4.69) is 53.0 Å². The average molecular weight is 376 g/mol. The minimum atomic E-state index is -0.717. The third kappa shape index (κ3) is 5.49. The molecule has 0 aliphatic rings. The molecular formula is C24H25FN2O. The first-order valence-corrected chi connectivity index (χ1v) is 9.57. The summed E-state index contributed by atoms with van der Waals surface area (Å²) in [4.78, 5) is 8.90. The molecule has 0 aliphatic carbocycles. The highest BCUT2D eigenvalue weighted by Gasteiger charge is 2.04. The van der Waals surface area contributed by atoms with Gasteiger partial charge in [0.15, 0.2) is 0 Å². The summed E-state index contributed by atoms with van der Waals surface area (Å²) in [5.74, 6) is 0.497. The van der Waals surface area contributed by atoms with E-state index >= 15 is 0 Å². The first-order valence-electron chi connectivity index (χ1n) is 9.57. The molecule has 28 heavy (non-hydrogen) atoms. The van der Waals surface area contributed by atoms with Crippen LogP contribution in [0.2, 0.25) is 0 Å². The van der Waals surface area contributed by atoms with Crippen molar-refractivity contribution in [1.29, 1.82) is 0 Å². The molecule has 3 rings (SSSR count). The van der Waals surface area contributed by atoms with Crippen LogP contribution in [0.15, 0.2) is 67.4 Å². The Hall–Kier alpha value is -3.01. The van der Waals surface area contributed by atoms with Gasteiger partial charge in [-0.3, -0.25) is 0 Å². The van der Waals surface area contributed by atoms with Gasteiger partial charge in [0.25, 0.3) is 0 Å². The molecule has 0 N–H and O–H groups in total. The zero-order valence-corrected chi connectivity index (χ0v) is 16.1. The molecule has 0 bridgehead atoms. The van der Waals surface area contributed by atoms with Crippen molar-refractivity contribution in [2.75, 3.05) is 6.61 Å². The molecule has 4 heteroatoms. The highest BCUT2D eigenvalue weighted by molar-refractivity contribution is 5.81. The Morgan fingerprint density at radius 3 is 2.64 bits per heavy atom. The summed E-state index contributed by atoms with van der Waals surface area (Å²) >= 11 is 0. The quantitative estimate of drug-likeness (QED) is 0.320. The minimum Gasteiger partial charge on any atom is -0.472 e. The topological polar surface area (TPSA) is 35.0 Å². The predicted octanol–water partition coefficient (Wildman–Crippen LogP) is 6.40. The van der Waals surface area contributed by atoms with Gasteiger partial charge in [-0.05, 0) is 55.0 Å². The highest BCUT2D eigenvalue weighted by Crippen LogP contribution is 2.24. The van der Waals surface area contributed by atoms with Gasteiger partial charge in [-0.25, -0.2) is 14.4 Å². The monoisotopic (exact) mass is 376 g/mol. The van der Waals surface area contributed by atoms with E-state index in [1.165, 1.54) is 0 Å². The summed E-state index contributed by atoms with van der Waals surface area (Å²) < 4.78 is 18.2. The van der Waals surface area contributed by atoms with Crippen LogP contribution in [-0.2, 0) is 0 Å². The van der Waals surface area contributed by atoms with Gasteiger partial charge in [-0.15, -0.1) is 0 Å². The van der Waals surface area contributed by atoms with Crippen LogP contribution >= 0.6 is 0 Å². The van der Waals surface area contributed by atoms with Crippen molar-refractivity contribution in [3.05, 3.63) is 73.0 Å². The van der Waals surface area contributed by atoms with E-state index in [0.29, 0.717) is 18.9 Å². The van der Waals surface area contributed by atoms with Crippen molar-refractivity contribution >= 4 is 17.1 Å². The fraction of sp³-hybridized carbons (Fsp3) is 0.250. The minimum absolute atomic E-state index is 0.411. The van der Waals surface area contributed by atoms with E-state index < -0.39 is 6.17 Å². The van der Waals surface area contributed by atoms with Gasteiger partial charge in [0.05, 0.1) is 23.4 Å². The lowest BCUT2D eigenvalue weighted by molar-refractivity contribution is 0.335. The first kappa shape index (κ1) is 19.7. The fourth-order valence-electron chi connectivity index (χ4n) is 2.91. The Morgan fingerprint density at radius 2 is 1.89 bits per heavy atom. The predicted molar refractivity (Wildman–Crippen MR) is 114 cm³/mol. The van der Waals surface area contributed by atoms with Crippen molar-refractivity contribution in [2.45, 2.75) is 32.4 Å². The van der Waals surface area contributed by atoms with Crippen LogP contribution in [0.3, 0.4) is 0 Å². The molecule has 0 saturated heterocycles. The van der Waals surface area contributed by atoms with Gasteiger partial charge in [-0.2, -0.15) is 0 Å². The van der Waals surface area contributed by atoms with Crippen molar-refractivity contribution < 1.29 is 9.13 Å². The summed E-state index contributed by atoms with van der Waals surface area (Å²) in [5.41, 5.74) is 4.98. The summed E-state index contributed by atoms with van der Waals surface area (Å²) in [5, 5.41) is 0. The van der Waals surface area contributed by atoms with Crippen molar-refractivity contribution in [3.8, 4) is 17.0 Å². The molecule has 0 radical (unpaired) electrons. The number of hydrogen-bond acceptors (Lipinski definition) is 3. The Bertz CT molecular complexity index is 948. The molecule has 144 valence electrons. The molecule has 2 aromatic carbocycles. The van der Waals surface area contributed by atoms with E-state index in [4.69, 9.17) is 4.74 Å². The third-order valence-electron chi connectivity index (χ3n) is 4.40. The number of benzene rings is 2. The van der Waals surface area contributed by atoms with E-state index in [1.807, 2.05) is 18.2 Å². The average Bonchev–Trinajstić information content (AvgIpc) is 2.71. The molecule has 1 aromatic heterocycles. The third-order valence-corrected chi connectivity index (χ3v) is 4.40. The molecule has 1 unspecified atom stereocenters. The largest absolute Gasteiger partial charge is 0.472 e. The number of ether oxygens (including phenoxy) is 1. The number of halogens is 1. The molecule has 0 spiro atoms. The van der Waals surface area contributed by atoms with E-state index in [-0.39, 0.29) is 0 Å². The van der Waals surface area contributed by atoms with Crippen molar-refractivity contribution in [3.63, 3.8) is 0 Å². The van der Waals surface area contributed by atoms with E-state index in [9.17, 15) is 4.39 Å². The maximum absolute atomic E-state index is 12.8. The Balaban J connectivity index is 1.68. The van der Waals surface area contributed by atoms with Gasteiger partial charge < -0.3 is 4.74 Å². The van der Waals surface area contributed by atoms with Crippen LogP contribution in [0, 0.1) is 0 Å². The van der Waals surface area contributed by atoms with Crippen LogP contribution < -0.4 is 4.74 Å². The summed E-state index contributed by atoms with van der Waals surface area (Å²) in [6.07, 6.45) is 9.19. The SMILES string of the molecule is C=CCOc1cnc2cc(-c3ccc(/C=C/CCCC(C)F)cc3)ccc2n1. The van der Waals surface area contributed by atoms with Crippen LogP contribution in [0.1, 0.15) is 31.7 Å². The molecule has 0 aliphatic heterocycles. The Kier molecular flexibility index (Phi) is 6.90. The molecule has 1 heterocycles. The number of allylic oxidation sites excluding steroid dienone is 1. The van der Waals surface area contributed by atoms with Crippen LogP contribution in [0.4, 0.5) is 4.39 Å². The van der Waals surface area contributed by atoms with Crippen LogP contribution in [0.25, 0.3) is 28.2 Å². The molecule has 0 saturated carbocycles. The zero-order chi connectivity index (χ0) is 19.8. The van der Waals surface area contributed by atoms with E-state index in [0.717, 1.165) is 40.6 Å². The molecule has 0 fully saturated rings. The molecule has 0 amide bonds. The maximum Gasteiger partial charge on any atom is 0.233 e. The smallest absolute Gasteiger partial charge is 0.233 e. The number of nitrogens with zero attached hydrogens (tertiary/aromatic N) is 2. The number of rotatable bonds is 9. The van der Waals surface area contributed by atoms with Gasteiger partial charge in [0.1, 0.15) is 6.61 Å². The van der Waals surface area contributed by atoms with Gasteiger partial charge in [0.2, 0.25) is 5.88 Å². The number of unbranched alkanes of at least 4 members (excludes halogenated alkanes) is 1. The van der Waals surface area contributed by atoms with E-state index in [1.54, 1.807) is 19.2 Å². The lowest BCUT2D eigenvalue weighted by Crippen LogP contribution is -1.96. The van der Waals surface area contributed by atoms with Crippen LogP contribution in [-0.4, -0.2) is 22.7 Å². The normalized spacial score (nSPS) is 12.4. The summed E-state index contributed by atoms with van der Waals surface area (Å²) in [7, 11) is 0. The van der Waals surface area contributed by atoms with Crippen LogP contribution in [0.5, 0.6) is 5.88 Å². The summed E-state index contributed by atoms with van der Waals surface area (Å²) in [6.45, 7) is 5.65. The molecule has 3 aromatic rings. The number of fused-ring (bicyclic) bond motifs is 1. The fourth-order valence-corrected chi connectivity index (χ4v) is 2.91. The number of aromatic nitrogens is 2. The summed E-state index contributed by atoms with van der Waals surface area (Å²) in [6, 6.07) is 14.4. The molecular weight excluding hydrogens is 351 g/mol. The Labute approximate surface area is 165 Å². The highest BCUT2D eigenvalue weighted by atomic mass is 19.1. The second kappa shape index (κ2) is 9.79. The van der Waals surface area contributed by atoms with Gasteiger partial charge >= 0.3 is 0 Å². The van der Waals surface area contributed by atoms with Gasteiger partial charge in [-0.1, -0.05) is 55.1 Å². The first-order chi connectivity index (χ1) is 13.7. The standard InChI is InChI=1S/C24H25FN2O/c1-3-15-28-24-17-26-23-16-21(13-14-22(23)27-24)20-11-9-19(10-12-20)8-6-4-5-7-18(2)25/h3,6,8-14,16-18H,1,4-5,7,15H2,2H3/b8-6+. The second-order valence-electron chi connectivity index (χ2n) is 6.75. The number of hydrogen-bond donors (Lipinski definition) is 0. The van der Waals surface area contributed by atoms with Crippen molar-refractivity contribution in [1.82, 2.24) is 9.97 Å². The second-order valence-corrected chi connectivity index (χ2v) is 6.75. The molecule has 3 nitrogen and oxygen atoms in total. The lowest BCUT2D eigenvalue weighted by Gasteiger charge is -2.06. The van der Waals surface area contributed by atoms with Crippen molar-refractivity contribution in [2.24, 2.45) is 0 Å².